The van der Waals surface area contributed by atoms with Crippen LogP contribution in [0.5, 0.6) is 0 Å². The van der Waals surface area contributed by atoms with Gasteiger partial charge in [-0.15, -0.1) is 0 Å². The highest BCUT2D eigenvalue weighted by Gasteiger charge is 2.72. The minimum Gasteiger partial charge on any atom is -0.481 e. The lowest BCUT2D eigenvalue weighted by Crippen LogP contribution is -2.67. The van der Waals surface area contributed by atoms with Gasteiger partial charge in [0.15, 0.2) is 0 Å². The molecular weight excluding hydrogens is 610 g/mol. The molecule has 5 aliphatic carbocycles. The molecule has 0 saturated heterocycles. The molecule has 0 radical (unpaired) electrons. The molecule has 0 heterocycles. The number of fused-ring (bicyclic) bond motifs is 7. The van der Waals surface area contributed by atoms with Crippen LogP contribution in [0.4, 0.5) is 0 Å². The first-order valence-electron chi connectivity index (χ1n) is 19.2. The Hall–Kier alpha value is -2.63. The number of carboxylic acids is 1. The summed E-state index contributed by atoms with van der Waals surface area (Å²) in [5.41, 5.74) is 1.12. The Morgan fingerprint density at radius 1 is 0.878 bits per heavy atom. The Morgan fingerprint density at radius 2 is 1.57 bits per heavy atom. The van der Waals surface area contributed by atoms with E-state index in [2.05, 4.69) is 65.6 Å². The number of nitrogens with one attached hydrogen (secondary N) is 1. The Morgan fingerprint density at radius 3 is 2.22 bits per heavy atom. The minimum absolute atomic E-state index is 0.116. The molecule has 0 unspecified atom stereocenters. The van der Waals surface area contributed by atoms with Gasteiger partial charge in [-0.2, -0.15) is 0 Å². The van der Waals surface area contributed by atoms with E-state index in [1.54, 1.807) is 13.8 Å². The third-order valence-electron chi connectivity index (χ3n) is 16.2. The van der Waals surface area contributed by atoms with Gasteiger partial charge in [0.25, 0.3) is 0 Å². The molecule has 0 spiro atoms. The molecule has 5 fully saturated rings. The van der Waals surface area contributed by atoms with E-state index >= 15 is 0 Å². The molecule has 6 nitrogen and oxygen atoms in total. The van der Waals surface area contributed by atoms with Crippen LogP contribution in [0.15, 0.2) is 42.5 Å². The molecule has 1 aromatic carbocycles. The minimum atomic E-state index is -1.15. The summed E-state index contributed by atoms with van der Waals surface area (Å²) < 4.78 is 6.17. The quantitative estimate of drug-likeness (QED) is 0.212. The van der Waals surface area contributed by atoms with E-state index in [-0.39, 0.29) is 45.5 Å². The molecule has 10 atom stereocenters. The molecule has 5 aliphatic rings. The van der Waals surface area contributed by atoms with Gasteiger partial charge >= 0.3 is 11.9 Å². The van der Waals surface area contributed by atoms with E-state index < -0.39 is 17.4 Å². The Kier molecular flexibility index (Phi) is 9.05. The van der Waals surface area contributed by atoms with Crippen LogP contribution in [-0.4, -0.2) is 29.1 Å². The number of carboxylic acid groups (broad SMARTS) is 1. The molecular formula is C43H63NO5. The van der Waals surface area contributed by atoms with Gasteiger partial charge in [-0.1, -0.05) is 77.1 Å². The van der Waals surface area contributed by atoms with E-state index in [4.69, 9.17) is 4.74 Å². The molecule has 6 heteroatoms. The second-order valence-electron chi connectivity index (χ2n) is 19.2. The molecule has 1 aromatic rings. The maximum Gasteiger partial charge on any atom is 0.309 e. The lowest BCUT2D eigenvalue weighted by Gasteiger charge is -2.72. The summed E-state index contributed by atoms with van der Waals surface area (Å²) in [6, 6.07) is 10.3. The molecule has 2 N–H and O–H groups in total. The van der Waals surface area contributed by atoms with Crippen molar-refractivity contribution in [3.63, 3.8) is 0 Å². The summed E-state index contributed by atoms with van der Waals surface area (Å²) in [6.07, 6.45) is 10.2. The van der Waals surface area contributed by atoms with Crippen molar-refractivity contribution in [1.82, 2.24) is 5.32 Å². The van der Waals surface area contributed by atoms with Crippen molar-refractivity contribution in [3.05, 3.63) is 48.0 Å². The van der Waals surface area contributed by atoms with Crippen molar-refractivity contribution in [2.45, 2.75) is 139 Å². The van der Waals surface area contributed by atoms with Crippen molar-refractivity contribution in [3.8, 4) is 0 Å². The number of hydrogen-bond acceptors (Lipinski definition) is 4. The van der Waals surface area contributed by atoms with Gasteiger partial charge in [0.1, 0.15) is 6.10 Å². The van der Waals surface area contributed by atoms with Crippen LogP contribution in [0.25, 0.3) is 0 Å². The molecule has 6 rings (SSSR count). The summed E-state index contributed by atoms with van der Waals surface area (Å²) in [5.74, 6) is 1.05. The molecule has 270 valence electrons. The zero-order valence-electron chi connectivity index (χ0n) is 31.6. The summed E-state index contributed by atoms with van der Waals surface area (Å²) in [5, 5.41) is 13.0. The number of aliphatic carboxylic acids is 1. The maximum absolute atomic E-state index is 14.4. The maximum atomic E-state index is 14.4. The van der Waals surface area contributed by atoms with Crippen LogP contribution in [0.1, 0.15) is 132 Å². The van der Waals surface area contributed by atoms with Crippen molar-refractivity contribution < 1.29 is 24.2 Å². The summed E-state index contributed by atoms with van der Waals surface area (Å²) >= 11 is 0. The first-order valence-corrected chi connectivity index (χ1v) is 19.2. The number of rotatable bonds is 8. The highest BCUT2D eigenvalue weighted by molar-refractivity contribution is 5.84. The number of benzene rings is 1. The van der Waals surface area contributed by atoms with E-state index in [9.17, 15) is 19.5 Å². The monoisotopic (exact) mass is 673 g/mol. The number of esters is 1. The van der Waals surface area contributed by atoms with Crippen molar-refractivity contribution in [1.29, 1.82) is 0 Å². The van der Waals surface area contributed by atoms with Crippen LogP contribution in [0.3, 0.4) is 0 Å². The van der Waals surface area contributed by atoms with Gasteiger partial charge < -0.3 is 15.2 Å². The zero-order chi connectivity index (χ0) is 35.8. The molecule has 0 aromatic heterocycles. The van der Waals surface area contributed by atoms with Gasteiger partial charge in [0.2, 0.25) is 5.91 Å². The zero-order valence-corrected chi connectivity index (χ0v) is 31.6. The first kappa shape index (κ1) is 36.2. The van der Waals surface area contributed by atoms with Crippen LogP contribution in [0, 0.1) is 62.1 Å². The summed E-state index contributed by atoms with van der Waals surface area (Å²) in [4.78, 5) is 39.2. The number of carbonyl (C=O) groups is 3. The van der Waals surface area contributed by atoms with Gasteiger partial charge in [0.05, 0.1) is 17.3 Å². The number of carbonyl (C=O) groups excluding carboxylic acids is 2. The van der Waals surface area contributed by atoms with Gasteiger partial charge in [0, 0.05) is 12.0 Å². The van der Waals surface area contributed by atoms with E-state index in [0.717, 1.165) is 63.4 Å². The molecule has 1 amide bonds. The van der Waals surface area contributed by atoms with Gasteiger partial charge in [-0.05, 0) is 136 Å². The topological polar surface area (TPSA) is 92.7 Å². The fraction of sp³-hybridized carbons (Fsp3) is 0.744. The van der Waals surface area contributed by atoms with Crippen LogP contribution in [0.2, 0.25) is 0 Å². The SMILES string of the molecule is C=C(C)[C@@H]1CC[C@]2(C(=O)NCc3ccccc3)CC[C@]3(C)[C@H](CC[C@@H]4[C@@]5(C)CC[C@H](OC(=O)CC(C)(C)C(=O)O)C(C)(C)[C@@H]5CC[C@]43C)[C@@H]12. The Bertz CT molecular complexity index is 1480. The number of ether oxygens (including phenoxy) is 1. The normalized spacial score (nSPS) is 40.9. The molecule has 5 saturated carbocycles. The van der Waals surface area contributed by atoms with Crippen molar-refractivity contribution in [2.24, 2.45) is 62.1 Å². The fourth-order valence-electron chi connectivity index (χ4n) is 13.3. The third kappa shape index (κ3) is 5.52. The third-order valence-corrected chi connectivity index (χ3v) is 16.2. The second-order valence-corrected chi connectivity index (χ2v) is 19.2. The standard InChI is InChI=1S/C43H63NO5/c1-27(2)29-17-22-43(36(46)44-26-28-13-11-10-12-14-28)24-23-41(8)30(35(29)43)15-16-32-40(7)20-19-33(49-34(45)25-38(3,4)37(47)48)39(5,6)31(40)18-21-42(32,41)9/h10-14,29-33,35H,1,15-26H2,2-9H3,(H,44,46)(H,47,48)/t29-,30+,31-,32+,33-,35+,40-,41+,42+,43-/m0/s1. The average Bonchev–Trinajstić information content (AvgIpc) is 3.43. The Labute approximate surface area is 295 Å². The van der Waals surface area contributed by atoms with Gasteiger partial charge in [-0.3, -0.25) is 14.4 Å². The Balaban J connectivity index is 1.25. The fourth-order valence-corrected chi connectivity index (χ4v) is 13.3. The smallest absolute Gasteiger partial charge is 0.309 e. The number of allylic oxidation sites excluding steroid dienone is 1. The highest BCUT2D eigenvalue weighted by atomic mass is 16.5. The molecule has 0 aliphatic heterocycles. The van der Waals surface area contributed by atoms with Crippen LogP contribution >= 0.6 is 0 Å². The van der Waals surface area contributed by atoms with E-state index in [1.165, 1.54) is 12.0 Å². The van der Waals surface area contributed by atoms with Crippen LogP contribution in [-0.2, 0) is 25.7 Å². The summed E-state index contributed by atoms with van der Waals surface area (Å²) in [6.45, 7) is 22.8. The predicted molar refractivity (Wildman–Crippen MR) is 193 cm³/mol. The molecule has 49 heavy (non-hydrogen) atoms. The number of hydrogen-bond donors (Lipinski definition) is 2. The van der Waals surface area contributed by atoms with E-state index in [0.29, 0.717) is 36.1 Å². The largest absolute Gasteiger partial charge is 0.481 e. The molecule has 0 bridgehead atoms. The number of amides is 1. The van der Waals surface area contributed by atoms with Crippen molar-refractivity contribution in [2.75, 3.05) is 0 Å². The van der Waals surface area contributed by atoms with Gasteiger partial charge in [-0.25, -0.2) is 0 Å². The second kappa shape index (κ2) is 12.3. The van der Waals surface area contributed by atoms with Crippen molar-refractivity contribution >= 4 is 17.8 Å². The summed E-state index contributed by atoms with van der Waals surface area (Å²) in [7, 11) is 0. The lowest BCUT2D eigenvalue weighted by atomic mass is 9.32. The van der Waals surface area contributed by atoms with Crippen LogP contribution < -0.4 is 5.32 Å². The average molecular weight is 674 g/mol. The first-order chi connectivity index (χ1) is 22.8. The van der Waals surface area contributed by atoms with E-state index in [1.807, 2.05) is 18.2 Å². The highest BCUT2D eigenvalue weighted by Crippen LogP contribution is 2.77. The predicted octanol–water partition coefficient (Wildman–Crippen LogP) is 9.37. The lowest BCUT2D eigenvalue weighted by molar-refractivity contribution is -0.249.